The van der Waals surface area contributed by atoms with Crippen LogP contribution in [0.25, 0.3) is 10.9 Å². The molecule has 0 atom stereocenters. The number of rotatable bonds is 2. The molecule has 1 amide bonds. The number of hydrogen-bond donors (Lipinski definition) is 1. The van der Waals surface area contributed by atoms with E-state index in [0.29, 0.717) is 16.4 Å². The van der Waals surface area contributed by atoms with Gasteiger partial charge in [0.1, 0.15) is 0 Å². The summed E-state index contributed by atoms with van der Waals surface area (Å²) in [6, 6.07) is 5.79. The van der Waals surface area contributed by atoms with Crippen LogP contribution in [0.4, 0.5) is 0 Å². The van der Waals surface area contributed by atoms with E-state index in [1.807, 2.05) is 19.1 Å². The van der Waals surface area contributed by atoms with Crippen LogP contribution in [0.1, 0.15) is 21.5 Å². The third-order valence-corrected chi connectivity index (χ3v) is 3.05. The van der Waals surface area contributed by atoms with Crippen LogP contribution >= 0.6 is 15.9 Å². The Balaban J connectivity index is 2.81. The summed E-state index contributed by atoms with van der Waals surface area (Å²) < 4.78 is 0. The van der Waals surface area contributed by atoms with E-state index < -0.39 is 5.91 Å². The Morgan fingerprint density at radius 3 is 2.81 bits per heavy atom. The molecule has 2 rings (SSSR count). The summed E-state index contributed by atoms with van der Waals surface area (Å²) >= 11 is 3.37. The van der Waals surface area contributed by atoms with Crippen LogP contribution in [-0.2, 0) is 5.33 Å². The van der Waals surface area contributed by atoms with Crippen molar-refractivity contribution in [2.24, 2.45) is 5.73 Å². The van der Waals surface area contributed by atoms with Gasteiger partial charge in [0.25, 0.3) is 5.91 Å². The molecule has 0 unspecified atom stereocenters. The Labute approximate surface area is 102 Å². The van der Waals surface area contributed by atoms with E-state index in [1.165, 1.54) is 0 Å². The summed E-state index contributed by atoms with van der Waals surface area (Å²) in [6.45, 7) is 1.97. The van der Waals surface area contributed by atoms with Crippen molar-refractivity contribution in [3.8, 4) is 0 Å². The second-order valence-corrected chi connectivity index (χ2v) is 4.29. The minimum absolute atomic E-state index is 0.441. The fourth-order valence-electron chi connectivity index (χ4n) is 1.69. The first-order valence-corrected chi connectivity index (χ1v) is 5.99. The highest BCUT2D eigenvalue weighted by Crippen LogP contribution is 2.21. The third kappa shape index (κ3) is 1.93. The molecule has 4 heteroatoms. The molecule has 2 aromatic rings. The van der Waals surface area contributed by atoms with E-state index in [-0.39, 0.29) is 0 Å². The molecule has 0 bridgehead atoms. The molecule has 0 radical (unpaired) electrons. The average Bonchev–Trinajstić information content (AvgIpc) is 2.26. The van der Waals surface area contributed by atoms with Crippen LogP contribution in [-0.4, -0.2) is 10.9 Å². The fourth-order valence-corrected chi connectivity index (χ4v) is 2.01. The molecule has 0 saturated heterocycles. The molecule has 3 nitrogen and oxygen atoms in total. The zero-order chi connectivity index (χ0) is 11.7. The lowest BCUT2D eigenvalue weighted by Gasteiger charge is -2.06. The smallest absolute Gasteiger partial charge is 0.250 e. The van der Waals surface area contributed by atoms with Gasteiger partial charge in [0.2, 0.25) is 0 Å². The highest BCUT2D eigenvalue weighted by molar-refractivity contribution is 9.08. The maximum Gasteiger partial charge on any atom is 0.250 e. The number of amides is 1. The highest BCUT2D eigenvalue weighted by atomic mass is 79.9. The van der Waals surface area contributed by atoms with Crippen LogP contribution in [0.5, 0.6) is 0 Å². The SMILES string of the molecule is Cc1cnc2c(C(N)=O)cc(CBr)cc2c1. The lowest BCUT2D eigenvalue weighted by Crippen LogP contribution is -2.12. The Kier molecular flexibility index (Phi) is 2.92. The Hall–Kier alpha value is -1.42. The van der Waals surface area contributed by atoms with Gasteiger partial charge in [0, 0.05) is 16.9 Å². The van der Waals surface area contributed by atoms with E-state index in [4.69, 9.17) is 5.73 Å². The Morgan fingerprint density at radius 2 is 2.19 bits per heavy atom. The number of carbonyl (C=O) groups is 1. The number of hydrogen-bond acceptors (Lipinski definition) is 2. The van der Waals surface area contributed by atoms with E-state index in [9.17, 15) is 4.79 Å². The molecule has 0 saturated carbocycles. The van der Waals surface area contributed by atoms with Crippen LogP contribution in [0.15, 0.2) is 24.4 Å². The molecular formula is C12H11BrN2O. The molecule has 16 heavy (non-hydrogen) atoms. The summed E-state index contributed by atoms with van der Waals surface area (Å²) in [5.41, 5.74) is 8.58. The minimum Gasteiger partial charge on any atom is -0.366 e. The Morgan fingerprint density at radius 1 is 1.44 bits per heavy atom. The van der Waals surface area contributed by atoms with Gasteiger partial charge in [-0.25, -0.2) is 0 Å². The lowest BCUT2D eigenvalue weighted by atomic mass is 10.0. The molecule has 2 N–H and O–H groups in total. The van der Waals surface area contributed by atoms with Crippen molar-refractivity contribution in [2.75, 3.05) is 0 Å². The number of fused-ring (bicyclic) bond motifs is 1. The van der Waals surface area contributed by atoms with Gasteiger partial charge in [-0.2, -0.15) is 0 Å². The number of aromatic nitrogens is 1. The van der Waals surface area contributed by atoms with Crippen LogP contribution in [0.3, 0.4) is 0 Å². The predicted molar refractivity (Wildman–Crippen MR) is 67.6 cm³/mol. The summed E-state index contributed by atoms with van der Waals surface area (Å²) in [5, 5.41) is 1.64. The molecule has 0 aliphatic rings. The van der Waals surface area contributed by atoms with Gasteiger partial charge >= 0.3 is 0 Å². The summed E-state index contributed by atoms with van der Waals surface area (Å²) in [5.74, 6) is -0.441. The second kappa shape index (κ2) is 4.22. The molecule has 0 fully saturated rings. The molecule has 82 valence electrons. The molecule has 1 aromatic heterocycles. The number of nitrogens with two attached hydrogens (primary N) is 1. The van der Waals surface area contributed by atoms with Crippen LogP contribution in [0, 0.1) is 6.92 Å². The van der Waals surface area contributed by atoms with Gasteiger partial charge in [-0.3, -0.25) is 9.78 Å². The van der Waals surface area contributed by atoms with Crippen molar-refractivity contribution >= 4 is 32.7 Å². The van der Waals surface area contributed by atoms with E-state index in [2.05, 4.69) is 20.9 Å². The first-order valence-electron chi connectivity index (χ1n) is 4.87. The molecular weight excluding hydrogens is 268 g/mol. The van der Waals surface area contributed by atoms with Crippen molar-refractivity contribution in [1.29, 1.82) is 0 Å². The van der Waals surface area contributed by atoms with Crippen molar-refractivity contribution in [1.82, 2.24) is 4.98 Å². The number of carbonyl (C=O) groups excluding carboxylic acids is 1. The first kappa shape index (κ1) is 11.1. The largest absolute Gasteiger partial charge is 0.366 e. The summed E-state index contributed by atoms with van der Waals surface area (Å²) in [4.78, 5) is 15.6. The number of primary amides is 1. The zero-order valence-corrected chi connectivity index (χ0v) is 10.4. The normalized spacial score (nSPS) is 10.6. The predicted octanol–water partition coefficient (Wildman–Crippen LogP) is 2.54. The van der Waals surface area contributed by atoms with E-state index in [0.717, 1.165) is 16.5 Å². The van der Waals surface area contributed by atoms with Gasteiger partial charge in [0.15, 0.2) is 0 Å². The first-order chi connectivity index (χ1) is 7.61. The van der Waals surface area contributed by atoms with Crippen LogP contribution < -0.4 is 5.73 Å². The number of pyridine rings is 1. The van der Waals surface area contributed by atoms with Crippen molar-refractivity contribution in [2.45, 2.75) is 12.3 Å². The average molecular weight is 279 g/mol. The lowest BCUT2D eigenvalue weighted by molar-refractivity contribution is 0.100. The quantitative estimate of drug-likeness (QED) is 0.859. The maximum atomic E-state index is 11.3. The molecule has 0 aliphatic carbocycles. The molecule has 1 aromatic carbocycles. The van der Waals surface area contributed by atoms with Crippen molar-refractivity contribution in [3.05, 3.63) is 41.1 Å². The number of benzene rings is 1. The maximum absolute atomic E-state index is 11.3. The monoisotopic (exact) mass is 278 g/mol. The zero-order valence-electron chi connectivity index (χ0n) is 8.83. The van der Waals surface area contributed by atoms with Gasteiger partial charge in [-0.05, 0) is 36.2 Å². The van der Waals surface area contributed by atoms with Gasteiger partial charge < -0.3 is 5.73 Å². The van der Waals surface area contributed by atoms with E-state index in [1.54, 1.807) is 12.3 Å². The molecule has 1 heterocycles. The standard InChI is InChI=1S/C12H11BrN2O/c1-7-2-9-3-8(5-13)4-10(12(14)16)11(9)15-6-7/h2-4,6H,5H2,1H3,(H2,14,16). The summed E-state index contributed by atoms with van der Waals surface area (Å²) in [6.07, 6.45) is 1.74. The topological polar surface area (TPSA) is 56.0 Å². The van der Waals surface area contributed by atoms with Gasteiger partial charge in [-0.15, -0.1) is 0 Å². The second-order valence-electron chi connectivity index (χ2n) is 3.73. The highest BCUT2D eigenvalue weighted by Gasteiger charge is 2.09. The fraction of sp³-hybridized carbons (Fsp3) is 0.167. The van der Waals surface area contributed by atoms with Gasteiger partial charge in [-0.1, -0.05) is 15.9 Å². The Bertz CT molecular complexity index is 566. The van der Waals surface area contributed by atoms with Crippen molar-refractivity contribution in [3.63, 3.8) is 0 Å². The number of alkyl halides is 1. The minimum atomic E-state index is -0.441. The van der Waals surface area contributed by atoms with Gasteiger partial charge in [0.05, 0.1) is 11.1 Å². The third-order valence-electron chi connectivity index (χ3n) is 2.40. The molecule has 0 aliphatic heterocycles. The van der Waals surface area contributed by atoms with Crippen molar-refractivity contribution < 1.29 is 4.79 Å². The number of nitrogens with zero attached hydrogens (tertiary/aromatic N) is 1. The number of halogens is 1. The molecule has 0 spiro atoms. The van der Waals surface area contributed by atoms with Crippen LogP contribution in [0.2, 0.25) is 0 Å². The summed E-state index contributed by atoms with van der Waals surface area (Å²) in [7, 11) is 0. The number of aryl methyl sites for hydroxylation is 1. The van der Waals surface area contributed by atoms with E-state index >= 15 is 0 Å².